The van der Waals surface area contributed by atoms with Crippen LogP contribution in [0.15, 0.2) is 12.5 Å². The van der Waals surface area contributed by atoms with Gasteiger partial charge >= 0.3 is 0 Å². The van der Waals surface area contributed by atoms with Gasteiger partial charge in [-0.05, 0) is 19.3 Å². The molecule has 2 unspecified atom stereocenters. The van der Waals surface area contributed by atoms with Crippen molar-refractivity contribution in [3.63, 3.8) is 0 Å². The van der Waals surface area contributed by atoms with Crippen molar-refractivity contribution in [3.8, 4) is 0 Å². The van der Waals surface area contributed by atoms with Crippen LogP contribution >= 0.6 is 0 Å². The number of nitrogens with zero attached hydrogens (tertiary/aromatic N) is 2. The maximum atomic E-state index is 10.1. The van der Waals surface area contributed by atoms with Gasteiger partial charge in [0, 0.05) is 6.54 Å². The summed E-state index contributed by atoms with van der Waals surface area (Å²) in [5.74, 6) is 0.307. The van der Waals surface area contributed by atoms with Crippen LogP contribution in [-0.4, -0.2) is 14.7 Å². The fourth-order valence-electron chi connectivity index (χ4n) is 1.75. The molecule has 0 saturated carbocycles. The molecule has 1 heterocycles. The summed E-state index contributed by atoms with van der Waals surface area (Å²) in [6, 6.07) is 0. The average Bonchev–Trinajstić information content (AvgIpc) is 2.64. The van der Waals surface area contributed by atoms with Crippen LogP contribution < -0.4 is 0 Å². The van der Waals surface area contributed by atoms with E-state index in [0.717, 1.165) is 25.1 Å². The molecule has 80 valence electrons. The Bertz CT molecular complexity index is 270. The molecule has 0 aliphatic carbocycles. The van der Waals surface area contributed by atoms with E-state index < -0.39 is 0 Å². The van der Waals surface area contributed by atoms with Crippen LogP contribution in [0.5, 0.6) is 0 Å². The summed E-state index contributed by atoms with van der Waals surface area (Å²) >= 11 is 0. The third kappa shape index (κ3) is 2.35. The molecular weight excluding hydrogens is 176 g/mol. The van der Waals surface area contributed by atoms with Crippen LogP contribution in [0.2, 0.25) is 0 Å². The minimum atomic E-state index is -0.377. The van der Waals surface area contributed by atoms with E-state index >= 15 is 0 Å². The summed E-state index contributed by atoms with van der Waals surface area (Å²) < 4.78 is 2.00. The first-order chi connectivity index (χ1) is 6.70. The standard InChI is InChI=1S/C11H20N2O/c1-4-6-9(3)11(14)10-7-12-8-13(10)5-2/h7-9,11,14H,4-6H2,1-3H3. The van der Waals surface area contributed by atoms with E-state index in [1.165, 1.54) is 0 Å². The van der Waals surface area contributed by atoms with Gasteiger partial charge in [0.1, 0.15) is 0 Å². The van der Waals surface area contributed by atoms with E-state index in [1.54, 1.807) is 12.5 Å². The minimum absolute atomic E-state index is 0.307. The summed E-state index contributed by atoms with van der Waals surface area (Å²) in [6.07, 6.45) is 5.32. The molecule has 0 aromatic carbocycles. The number of aromatic nitrogens is 2. The first-order valence-corrected chi connectivity index (χ1v) is 5.38. The Balaban J connectivity index is 2.72. The van der Waals surface area contributed by atoms with Crippen molar-refractivity contribution in [1.82, 2.24) is 9.55 Å². The van der Waals surface area contributed by atoms with Crippen LogP contribution in [0.1, 0.15) is 45.4 Å². The maximum absolute atomic E-state index is 10.1. The Hall–Kier alpha value is -0.830. The molecule has 0 aliphatic heterocycles. The van der Waals surface area contributed by atoms with Crippen molar-refractivity contribution in [2.75, 3.05) is 0 Å². The van der Waals surface area contributed by atoms with Gasteiger partial charge in [0.05, 0.1) is 24.3 Å². The van der Waals surface area contributed by atoms with Gasteiger partial charge in [-0.1, -0.05) is 20.3 Å². The number of hydrogen-bond donors (Lipinski definition) is 1. The largest absolute Gasteiger partial charge is 0.387 e. The van der Waals surface area contributed by atoms with E-state index in [4.69, 9.17) is 0 Å². The van der Waals surface area contributed by atoms with E-state index in [0.29, 0.717) is 5.92 Å². The van der Waals surface area contributed by atoms with E-state index in [1.807, 2.05) is 4.57 Å². The topological polar surface area (TPSA) is 38.1 Å². The lowest BCUT2D eigenvalue weighted by Crippen LogP contribution is -2.13. The lowest BCUT2D eigenvalue weighted by atomic mass is 9.97. The minimum Gasteiger partial charge on any atom is -0.387 e. The van der Waals surface area contributed by atoms with E-state index in [9.17, 15) is 5.11 Å². The SMILES string of the molecule is CCCC(C)C(O)c1cncn1CC. The molecule has 1 aromatic rings. The summed E-state index contributed by atoms with van der Waals surface area (Å²) in [7, 11) is 0. The zero-order valence-corrected chi connectivity index (χ0v) is 9.27. The normalized spacial score (nSPS) is 15.4. The van der Waals surface area contributed by atoms with Crippen LogP contribution in [0.25, 0.3) is 0 Å². The summed E-state index contributed by atoms with van der Waals surface area (Å²) in [5, 5.41) is 10.1. The van der Waals surface area contributed by atoms with E-state index in [2.05, 4.69) is 25.8 Å². The second kappa shape index (κ2) is 5.15. The first kappa shape index (κ1) is 11.2. The first-order valence-electron chi connectivity index (χ1n) is 5.38. The summed E-state index contributed by atoms with van der Waals surface area (Å²) in [4.78, 5) is 4.06. The van der Waals surface area contributed by atoms with Gasteiger partial charge in [-0.15, -0.1) is 0 Å². The highest BCUT2D eigenvalue weighted by Crippen LogP contribution is 2.24. The second-order valence-electron chi connectivity index (χ2n) is 3.82. The van der Waals surface area contributed by atoms with Crippen LogP contribution in [0, 0.1) is 5.92 Å². The third-order valence-electron chi connectivity index (χ3n) is 2.67. The highest BCUT2D eigenvalue weighted by Gasteiger charge is 2.18. The molecule has 0 aliphatic rings. The quantitative estimate of drug-likeness (QED) is 0.785. The molecule has 0 radical (unpaired) electrons. The van der Waals surface area contributed by atoms with Crippen LogP contribution in [-0.2, 0) is 6.54 Å². The molecule has 3 heteroatoms. The molecule has 0 fully saturated rings. The average molecular weight is 196 g/mol. The summed E-state index contributed by atoms with van der Waals surface area (Å²) in [5.41, 5.74) is 0.938. The monoisotopic (exact) mass is 196 g/mol. The second-order valence-corrected chi connectivity index (χ2v) is 3.82. The van der Waals surface area contributed by atoms with Crippen molar-refractivity contribution in [1.29, 1.82) is 0 Å². The van der Waals surface area contributed by atoms with Gasteiger partial charge in [0.2, 0.25) is 0 Å². The molecule has 0 amide bonds. The summed E-state index contributed by atoms with van der Waals surface area (Å²) in [6.45, 7) is 7.15. The Labute approximate surface area is 85.8 Å². The van der Waals surface area contributed by atoms with Gasteiger partial charge in [0.15, 0.2) is 0 Å². The molecule has 0 bridgehead atoms. The van der Waals surface area contributed by atoms with Gasteiger partial charge < -0.3 is 9.67 Å². The molecule has 1 N–H and O–H groups in total. The van der Waals surface area contributed by atoms with Crippen LogP contribution in [0.3, 0.4) is 0 Å². The predicted molar refractivity (Wildman–Crippen MR) is 56.9 cm³/mol. The van der Waals surface area contributed by atoms with Crippen LogP contribution in [0.4, 0.5) is 0 Å². The Morgan fingerprint density at radius 1 is 1.50 bits per heavy atom. The number of imidazole rings is 1. The fourth-order valence-corrected chi connectivity index (χ4v) is 1.75. The molecule has 1 aromatic heterocycles. The van der Waals surface area contributed by atoms with Crippen molar-refractivity contribution >= 4 is 0 Å². The third-order valence-corrected chi connectivity index (χ3v) is 2.67. The highest BCUT2D eigenvalue weighted by atomic mass is 16.3. The number of aliphatic hydroxyl groups is 1. The van der Waals surface area contributed by atoms with Gasteiger partial charge in [-0.25, -0.2) is 4.98 Å². The Morgan fingerprint density at radius 3 is 2.79 bits per heavy atom. The fraction of sp³-hybridized carbons (Fsp3) is 0.727. The molecular formula is C11H20N2O. The lowest BCUT2D eigenvalue weighted by molar-refractivity contribution is 0.104. The Morgan fingerprint density at radius 2 is 2.21 bits per heavy atom. The van der Waals surface area contributed by atoms with Crippen molar-refractivity contribution in [2.45, 2.75) is 46.3 Å². The number of hydrogen-bond acceptors (Lipinski definition) is 2. The highest BCUT2D eigenvalue weighted by molar-refractivity contribution is 5.03. The predicted octanol–water partition coefficient (Wildman–Crippen LogP) is 2.37. The Kier molecular flexibility index (Phi) is 4.14. The van der Waals surface area contributed by atoms with Gasteiger partial charge in [-0.2, -0.15) is 0 Å². The van der Waals surface area contributed by atoms with E-state index in [-0.39, 0.29) is 6.10 Å². The van der Waals surface area contributed by atoms with Gasteiger partial charge in [-0.3, -0.25) is 0 Å². The van der Waals surface area contributed by atoms with Crippen molar-refractivity contribution in [2.24, 2.45) is 5.92 Å². The number of aryl methyl sites for hydroxylation is 1. The number of aliphatic hydroxyl groups excluding tert-OH is 1. The van der Waals surface area contributed by atoms with Gasteiger partial charge in [0.25, 0.3) is 0 Å². The molecule has 0 spiro atoms. The van der Waals surface area contributed by atoms with Crippen molar-refractivity contribution in [3.05, 3.63) is 18.2 Å². The lowest BCUT2D eigenvalue weighted by Gasteiger charge is -2.19. The molecule has 14 heavy (non-hydrogen) atoms. The molecule has 0 saturated heterocycles. The molecule has 2 atom stereocenters. The maximum Gasteiger partial charge on any atom is 0.0981 e. The zero-order valence-electron chi connectivity index (χ0n) is 9.27. The molecule has 3 nitrogen and oxygen atoms in total. The van der Waals surface area contributed by atoms with Crippen molar-refractivity contribution < 1.29 is 5.11 Å². The zero-order chi connectivity index (χ0) is 10.6. The smallest absolute Gasteiger partial charge is 0.0981 e. The number of rotatable bonds is 5. The molecule has 1 rings (SSSR count).